The molecule has 0 amide bonds. The lowest BCUT2D eigenvalue weighted by Gasteiger charge is -2.13. The van der Waals surface area contributed by atoms with Crippen LogP contribution in [0.25, 0.3) is 0 Å². The molecule has 0 aliphatic rings. The van der Waals surface area contributed by atoms with E-state index in [1.807, 2.05) is 0 Å². The Balaban J connectivity index is 2.88. The summed E-state index contributed by atoms with van der Waals surface area (Å²) in [4.78, 5) is 10.9. The normalized spacial score (nSPS) is 12.2. The molecule has 0 aliphatic heterocycles. The van der Waals surface area contributed by atoms with Crippen molar-refractivity contribution in [3.63, 3.8) is 0 Å². The predicted octanol–water partition coefficient (Wildman–Crippen LogP) is 0.912. The van der Waals surface area contributed by atoms with E-state index in [0.717, 1.165) is 0 Å². The number of aromatic carboxylic acids is 1. The van der Waals surface area contributed by atoms with Crippen molar-refractivity contribution in [1.82, 2.24) is 0 Å². The van der Waals surface area contributed by atoms with Gasteiger partial charge >= 0.3 is 5.97 Å². The number of carboxylic acids is 1. The number of carboxylic acid groups (broad SMARTS) is 1. The summed E-state index contributed by atoms with van der Waals surface area (Å²) in [5.41, 5.74) is 0.502. The highest BCUT2D eigenvalue weighted by molar-refractivity contribution is 9.10. The van der Waals surface area contributed by atoms with Gasteiger partial charge in [0.05, 0.1) is 24.0 Å². The number of anilines is 1. The van der Waals surface area contributed by atoms with Crippen molar-refractivity contribution in [2.24, 2.45) is 0 Å². The maximum absolute atomic E-state index is 10.9. The molecule has 0 saturated carbocycles. The zero-order valence-corrected chi connectivity index (χ0v) is 9.94. The molecule has 0 aromatic heterocycles. The van der Waals surface area contributed by atoms with Gasteiger partial charge in [-0.2, -0.15) is 0 Å². The fourth-order valence-electron chi connectivity index (χ4n) is 1.17. The molecule has 0 fully saturated rings. The van der Waals surface area contributed by atoms with Gasteiger partial charge in [-0.25, -0.2) is 4.79 Å². The summed E-state index contributed by atoms with van der Waals surface area (Å²) in [6.45, 7) is -0.292. The van der Waals surface area contributed by atoms with E-state index in [4.69, 9.17) is 15.3 Å². The Morgan fingerprint density at radius 1 is 1.50 bits per heavy atom. The molecule has 16 heavy (non-hydrogen) atoms. The number of carbonyl (C=O) groups is 1. The Bertz CT molecular complexity index is 383. The molecule has 1 rings (SSSR count). The molecule has 5 nitrogen and oxygen atoms in total. The Kier molecular flexibility index (Phi) is 4.72. The SMILES string of the molecule is O=C(O)c1cccc(Br)c1NCC(O)CO. The van der Waals surface area contributed by atoms with Gasteiger partial charge in [-0.1, -0.05) is 6.07 Å². The highest BCUT2D eigenvalue weighted by Crippen LogP contribution is 2.26. The van der Waals surface area contributed by atoms with Crippen LogP contribution in [-0.2, 0) is 0 Å². The average Bonchev–Trinajstić information content (AvgIpc) is 2.26. The van der Waals surface area contributed by atoms with Crippen molar-refractivity contribution in [3.8, 4) is 0 Å². The van der Waals surface area contributed by atoms with Crippen LogP contribution in [0.3, 0.4) is 0 Å². The zero-order chi connectivity index (χ0) is 12.1. The van der Waals surface area contributed by atoms with Crippen LogP contribution >= 0.6 is 15.9 Å². The smallest absolute Gasteiger partial charge is 0.337 e. The first-order valence-electron chi connectivity index (χ1n) is 4.61. The Morgan fingerprint density at radius 3 is 2.75 bits per heavy atom. The van der Waals surface area contributed by atoms with Crippen molar-refractivity contribution in [2.75, 3.05) is 18.5 Å². The Hall–Kier alpha value is -1.11. The number of nitrogens with one attached hydrogen (secondary N) is 1. The molecule has 0 aliphatic carbocycles. The second kappa shape index (κ2) is 5.83. The molecule has 88 valence electrons. The van der Waals surface area contributed by atoms with Crippen molar-refractivity contribution in [1.29, 1.82) is 0 Å². The van der Waals surface area contributed by atoms with Gasteiger partial charge in [-0.15, -0.1) is 0 Å². The summed E-state index contributed by atoms with van der Waals surface area (Å²) < 4.78 is 0.595. The highest BCUT2D eigenvalue weighted by Gasteiger charge is 2.13. The molecular weight excluding hydrogens is 278 g/mol. The molecule has 1 aromatic rings. The lowest BCUT2D eigenvalue weighted by atomic mass is 10.1. The number of rotatable bonds is 5. The summed E-state index contributed by atoms with van der Waals surface area (Å²) in [7, 11) is 0. The number of halogens is 1. The summed E-state index contributed by atoms with van der Waals surface area (Å²) in [6.07, 6.45) is -0.922. The summed E-state index contributed by atoms with van der Waals surface area (Å²) in [5, 5.41) is 29.5. The van der Waals surface area contributed by atoms with Gasteiger partial charge in [-0.05, 0) is 28.1 Å². The molecule has 1 atom stereocenters. The monoisotopic (exact) mass is 289 g/mol. The van der Waals surface area contributed by atoms with Crippen LogP contribution in [0.5, 0.6) is 0 Å². The van der Waals surface area contributed by atoms with Crippen LogP contribution in [0, 0.1) is 0 Å². The fourth-order valence-corrected chi connectivity index (χ4v) is 1.67. The van der Waals surface area contributed by atoms with E-state index in [0.29, 0.717) is 10.2 Å². The standard InChI is InChI=1S/C10H12BrNO4/c11-8-3-1-2-7(10(15)16)9(8)12-4-6(14)5-13/h1-3,6,12-14H,4-5H2,(H,15,16). The summed E-state index contributed by atoms with van der Waals surface area (Å²) in [6, 6.07) is 4.77. The predicted molar refractivity (Wildman–Crippen MR) is 62.7 cm³/mol. The molecule has 1 unspecified atom stereocenters. The third kappa shape index (κ3) is 3.19. The van der Waals surface area contributed by atoms with Gasteiger partial charge in [0.1, 0.15) is 0 Å². The number of aliphatic hydroxyl groups excluding tert-OH is 2. The molecular formula is C10H12BrNO4. The fraction of sp³-hybridized carbons (Fsp3) is 0.300. The Labute approximate surface area is 101 Å². The molecule has 6 heteroatoms. The number of hydrogen-bond donors (Lipinski definition) is 4. The quantitative estimate of drug-likeness (QED) is 0.647. The molecule has 0 bridgehead atoms. The lowest BCUT2D eigenvalue weighted by molar-refractivity contribution is 0.0697. The maximum Gasteiger partial charge on any atom is 0.337 e. The summed E-state index contributed by atoms with van der Waals surface area (Å²) >= 11 is 3.22. The maximum atomic E-state index is 10.9. The van der Waals surface area contributed by atoms with Gasteiger partial charge in [0.25, 0.3) is 0 Å². The minimum Gasteiger partial charge on any atom is -0.478 e. The van der Waals surface area contributed by atoms with E-state index in [-0.39, 0.29) is 18.7 Å². The van der Waals surface area contributed by atoms with Gasteiger partial charge in [-0.3, -0.25) is 0 Å². The average molecular weight is 290 g/mol. The van der Waals surface area contributed by atoms with Gasteiger partial charge in [0, 0.05) is 11.0 Å². The van der Waals surface area contributed by atoms with Crippen molar-refractivity contribution >= 4 is 27.6 Å². The van der Waals surface area contributed by atoms with Crippen LogP contribution in [0.4, 0.5) is 5.69 Å². The van der Waals surface area contributed by atoms with E-state index in [1.165, 1.54) is 6.07 Å². The van der Waals surface area contributed by atoms with E-state index in [9.17, 15) is 4.79 Å². The third-order valence-electron chi connectivity index (χ3n) is 1.97. The van der Waals surface area contributed by atoms with Crippen molar-refractivity contribution in [2.45, 2.75) is 6.10 Å². The molecule has 4 N–H and O–H groups in total. The van der Waals surface area contributed by atoms with Crippen LogP contribution in [0.1, 0.15) is 10.4 Å². The Morgan fingerprint density at radius 2 is 2.19 bits per heavy atom. The molecule has 1 aromatic carbocycles. The van der Waals surface area contributed by atoms with Crippen LogP contribution < -0.4 is 5.32 Å². The van der Waals surface area contributed by atoms with E-state index >= 15 is 0 Å². The molecule has 0 spiro atoms. The molecule has 0 saturated heterocycles. The van der Waals surface area contributed by atoms with Crippen LogP contribution in [0.2, 0.25) is 0 Å². The largest absolute Gasteiger partial charge is 0.478 e. The van der Waals surface area contributed by atoms with E-state index in [1.54, 1.807) is 12.1 Å². The third-order valence-corrected chi connectivity index (χ3v) is 2.63. The topological polar surface area (TPSA) is 89.8 Å². The van der Waals surface area contributed by atoms with Gasteiger partial charge in [0.2, 0.25) is 0 Å². The number of aliphatic hydroxyl groups is 2. The van der Waals surface area contributed by atoms with Crippen molar-refractivity contribution in [3.05, 3.63) is 28.2 Å². The number of hydrogen-bond acceptors (Lipinski definition) is 4. The second-order valence-electron chi connectivity index (χ2n) is 3.18. The van der Waals surface area contributed by atoms with Gasteiger partial charge < -0.3 is 20.6 Å². The van der Waals surface area contributed by atoms with Crippen molar-refractivity contribution < 1.29 is 20.1 Å². The van der Waals surface area contributed by atoms with Gasteiger partial charge in [0.15, 0.2) is 0 Å². The molecule has 0 heterocycles. The first kappa shape index (κ1) is 13.0. The van der Waals surface area contributed by atoms with E-state index in [2.05, 4.69) is 21.2 Å². The minimum atomic E-state index is -1.05. The number of para-hydroxylation sites is 1. The van der Waals surface area contributed by atoms with Crippen LogP contribution in [-0.4, -0.2) is 40.5 Å². The number of benzene rings is 1. The minimum absolute atomic E-state index is 0.0827. The zero-order valence-electron chi connectivity index (χ0n) is 8.35. The lowest BCUT2D eigenvalue weighted by Crippen LogP contribution is -2.24. The molecule has 0 radical (unpaired) electrons. The van der Waals surface area contributed by atoms with Crippen LogP contribution in [0.15, 0.2) is 22.7 Å². The summed E-state index contributed by atoms with van der Waals surface area (Å²) in [5.74, 6) is -1.05. The first-order valence-corrected chi connectivity index (χ1v) is 5.40. The second-order valence-corrected chi connectivity index (χ2v) is 4.04. The first-order chi connectivity index (χ1) is 7.56. The van der Waals surface area contributed by atoms with E-state index < -0.39 is 12.1 Å². The highest BCUT2D eigenvalue weighted by atomic mass is 79.9.